The number of phenols is 1. The van der Waals surface area contributed by atoms with Crippen LogP contribution in [0, 0.1) is 12.7 Å². The molecule has 0 spiro atoms. The summed E-state index contributed by atoms with van der Waals surface area (Å²) in [7, 11) is 0. The third kappa shape index (κ3) is 2.18. The Kier molecular flexibility index (Phi) is 3.02. The first kappa shape index (κ1) is 12.1. The Balaban J connectivity index is 2.58. The molecule has 0 aliphatic rings. The third-order valence-electron chi connectivity index (χ3n) is 2.66. The van der Waals surface area contributed by atoms with Gasteiger partial charge in [0.2, 0.25) is 0 Å². The van der Waals surface area contributed by atoms with Gasteiger partial charge in [-0.25, -0.2) is 9.18 Å². The quantitative estimate of drug-likeness (QED) is 0.855. The van der Waals surface area contributed by atoms with Crippen LogP contribution in [-0.2, 0) is 0 Å². The van der Waals surface area contributed by atoms with Crippen LogP contribution in [0.25, 0.3) is 11.1 Å². The molecular formula is C14H11FO3. The maximum Gasteiger partial charge on any atom is 0.339 e. The maximum absolute atomic E-state index is 13.8. The molecule has 0 atom stereocenters. The molecule has 0 bridgehead atoms. The van der Waals surface area contributed by atoms with Gasteiger partial charge in [-0.15, -0.1) is 0 Å². The van der Waals surface area contributed by atoms with Crippen molar-refractivity contribution in [3.8, 4) is 16.9 Å². The lowest BCUT2D eigenvalue weighted by Gasteiger charge is -2.07. The number of carboxylic acids is 1. The topological polar surface area (TPSA) is 57.5 Å². The Morgan fingerprint density at radius 3 is 2.50 bits per heavy atom. The molecule has 0 amide bonds. The zero-order chi connectivity index (χ0) is 13.3. The molecule has 0 saturated carbocycles. The molecule has 0 aliphatic heterocycles. The van der Waals surface area contributed by atoms with Crippen molar-refractivity contribution in [1.82, 2.24) is 0 Å². The van der Waals surface area contributed by atoms with Gasteiger partial charge in [-0.1, -0.05) is 18.2 Å². The molecule has 92 valence electrons. The molecule has 0 fully saturated rings. The van der Waals surface area contributed by atoms with Crippen molar-refractivity contribution >= 4 is 5.97 Å². The van der Waals surface area contributed by atoms with Crippen molar-refractivity contribution in [2.24, 2.45) is 0 Å². The van der Waals surface area contributed by atoms with Crippen molar-refractivity contribution < 1.29 is 19.4 Å². The highest BCUT2D eigenvalue weighted by Gasteiger charge is 2.12. The zero-order valence-corrected chi connectivity index (χ0v) is 9.64. The molecule has 2 aromatic carbocycles. The van der Waals surface area contributed by atoms with Crippen molar-refractivity contribution in [2.45, 2.75) is 6.92 Å². The number of aryl methyl sites for hydroxylation is 1. The number of carbonyl (C=O) groups is 1. The Labute approximate surface area is 103 Å². The first-order valence-electron chi connectivity index (χ1n) is 5.32. The monoisotopic (exact) mass is 246 g/mol. The first-order chi connectivity index (χ1) is 8.49. The highest BCUT2D eigenvalue weighted by atomic mass is 19.1. The summed E-state index contributed by atoms with van der Waals surface area (Å²) in [5.74, 6) is -2.00. The van der Waals surface area contributed by atoms with Crippen molar-refractivity contribution in [3.05, 3.63) is 53.3 Å². The molecule has 0 heterocycles. The molecule has 2 rings (SSSR count). The van der Waals surface area contributed by atoms with E-state index >= 15 is 0 Å². The van der Waals surface area contributed by atoms with Crippen LogP contribution >= 0.6 is 0 Å². The van der Waals surface area contributed by atoms with E-state index in [1.54, 1.807) is 19.1 Å². The van der Waals surface area contributed by atoms with E-state index in [-0.39, 0.29) is 11.3 Å². The van der Waals surface area contributed by atoms with Crippen LogP contribution in [-0.4, -0.2) is 16.2 Å². The van der Waals surface area contributed by atoms with E-state index in [1.165, 1.54) is 24.3 Å². The summed E-state index contributed by atoms with van der Waals surface area (Å²) >= 11 is 0. The SMILES string of the molecule is Cc1ccc(-c2ccc(O)c(C(=O)O)c2)c(F)c1. The number of aromatic hydroxyl groups is 1. The third-order valence-corrected chi connectivity index (χ3v) is 2.66. The summed E-state index contributed by atoms with van der Waals surface area (Å²) in [4.78, 5) is 10.9. The van der Waals surface area contributed by atoms with Gasteiger partial charge in [0.05, 0.1) is 0 Å². The lowest BCUT2D eigenvalue weighted by atomic mass is 10.0. The summed E-state index contributed by atoms with van der Waals surface area (Å²) in [6.07, 6.45) is 0. The van der Waals surface area contributed by atoms with E-state index in [2.05, 4.69) is 0 Å². The number of rotatable bonds is 2. The minimum Gasteiger partial charge on any atom is -0.507 e. The van der Waals surface area contributed by atoms with Gasteiger partial charge in [-0.3, -0.25) is 0 Å². The normalized spacial score (nSPS) is 10.3. The second-order valence-corrected chi connectivity index (χ2v) is 4.02. The van der Waals surface area contributed by atoms with Gasteiger partial charge < -0.3 is 10.2 Å². The van der Waals surface area contributed by atoms with Crippen LogP contribution in [0.5, 0.6) is 5.75 Å². The average molecular weight is 246 g/mol. The molecule has 4 heteroatoms. The lowest BCUT2D eigenvalue weighted by molar-refractivity contribution is 0.0694. The number of hydrogen-bond donors (Lipinski definition) is 2. The number of halogens is 1. The predicted molar refractivity (Wildman–Crippen MR) is 65.2 cm³/mol. The molecule has 2 aromatic rings. The zero-order valence-electron chi connectivity index (χ0n) is 9.64. The largest absolute Gasteiger partial charge is 0.507 e. The van der Waals surface area contributed by atoms with Gasteiger partial charge in [0.15, 0.2) is 0 Å². The molecule has 0 unspecified atom stereocenters. The first-order valence-corrected chi connectivity index (χ1v) is 5.32. The van der Waals surface area contributed by atoms with E-state index in [0.717, 1.165) is 5.56 Å². The van der Waals surface area contributed by atoms with Gasteiger partial charge in [-0.2, -0.15) is 0 Å². The summed E-state index contributed by atoms with van der Waals surface area (Å²) in [6.45, 7) is 1.77. The fourth-order valence-electron chi connectivity index (χ4n) is 1.73. The van der Waals surface area contributed by atoms with Gasteiger partial charge in [0.1, 0.15) is 17.1 Å². The molecule has 0 saturated heterocycles. The van der Waals surface area contributed by atoms with Crippen LogP contribution in [0.2, 0.25) is 0 Å². The Bertz CT molecular complexity index is 620. The summed E-state index contributed by atoms with van der Waals surface area (Å²) in [5.41, 5.74) is 1.27. The minimum absolute atomic E-state index is 0.243. The fraction of sp³-hybridized carbons (Fsp3) is 0.0714. The minimum atomic E-state index is -1.25. The summed E-state index contributed by atoms with van der Waals surface area (Å²) in [5, 5.41) is 18.3. The van der Waals surface area contributed by atoms with Gasteiger partial charge in [0.25, 0.3) is 0 Å². The fourth-order valence-corrected chi connectivity index (χ4v) is 1.73. The number of aromatic carboxylic acids is 1. The number of benzene rings is 2. The van der Waals surface area contributed by atoms with Crippen LogP contribution in [0.3, 0.4) is 0 Å². The van der Waals surface area contributed by atoms with Crippen molar-refractivity contribution in [1.29, 1.82) is 0 Å². The maximum atomic E-state index is 13.8. The van der Waals surface area contributed by atoms with Gasteiger partial charge in [-0.05, 0) is 36.2 Å². The molecule has 3 nitrogen and oxygen atoms in total. The van der Waals surface area contributed by atoms with Gasteiger partial charge >= 0.3 is 5.97 Å². The summed E-state index contributed by atoms with van der Waals surface area (Å²) < 4.78 is 13.8. The Morgan fingerprint density at radius 2 is 1.89 bits per heavy atom. The smallest absolute Gasteiger partial charge is 0.339 e. The van der Waals surface area contributed by atoms with Crippen LogP contribution < -0.4 is 0 Å². The standard InChI is InChI=1S/C14H11FO3/c1-8-2-4-10(12(15)6-8)9-3-5-13(16)11(7-9)14(17)18/h2-7,16H,1H3,(H,17,18). The van der Waals surface area contributed by atoms with E-state index in [4.69, 9.17) is 5.11 Å². The predicted octanol–water partition coefficient (Wildman–Crippen LogP) is 3.20. The van der Waals surface area contributed by atoms with Crippen molar-refractivity contribution in [3.63, 3.8) is 0 Å². The second-order valence-electron chi connectivity index (χ2n) is 4.02. The molecule has 0 aromatic heterocycles. The molecule has 18 heavy (non-hydrogen) atoms. The second kappa shape index (κ2) is 4.49. The molecule has 0 radical (unpaired) electrons. The highest BCUT2D eigenvalue weighted by molar-refractivity contribution is 5.92. The average Bonchev–Trinajstić information content (AvgIpc) is 2.30. The van der Waals surface area contributed by atoms with E-state index < -0.39 is 11.8 Å². The highest BCUT2D eigenvalue weighted by Crippen LogP contribution is 2.28. The van der Waals surface area contributed by atoms with Crippen LogP contribution in [0.1, 0.15) is 15.9 Å². The Morgan fingerprint density at radius 1 is 1.17 bits per heavy atom. The molecular weight excluding hydrogens is 235 g/mol. The summed E-state index contributed by atoms with van der Waals surface area (Å²) in [6, 6.07) is 8.69. The van der Waals surface area contributed by atoms with Gasteiger partial charge in [0, 0.05) is 5.56 Å². The van der Waals surface area contributed by atoms with Crippen LogP contribution in [0.15, 0.2) is 36.4 Å². The number of hydrogen-bond acceptors (Lipinski definition) is 2. The van der Waals surface area contributed by atoms with Crippen LogP contribution in [0.4, 0.5) is 4.39 Å². The van der Waals surface area contributed by atoms with E-state index in [1.807, 2.05) is 0 Å². The molecule has 0 aliphatic carbocycles. The number of carboxylic acid groups (broad SMARTS) is 1. The lowest BCUT2D eigenvalue weighted by Crippen LogP contribution is -1.97. The van der Waals surface area contributed by atoms with E-state index in [0.29, 0.717) is 11.1 Å². The molecule has 2 N–H and O–H groups in total. The van der Waals surface area contributed by atoms with E-state index in [9.17, 15) is 14.3 Å². The van der Waals surface area contributed by atoms with Crippen molar-refractivity contribution in [2.75, 3.05) is 0 Å². The Hall–Kier alpha value is -2.36.